The highest BCUT2D eigenvalue weighted by atomic mass is 16.5. The minimum Gasteiger partial charge on any atom is -0.365 e. The SMILES string of the molecule is Cc1ncc2ccc(NC(=O)C3CCC(C)O3)cn12. The maximum Gasteiger partial charge on any atom is 0.253 e. The molecule has 1 fully saturated rings. The Morgan fingerprint density at radius 2 is 2.32 bits per heavy atom. The monoisotopic (exact) mass is 259 g/mol. The molecule has 0 saturated carbocycles. The van der Waals surface area contributed by atoms with Crippen LogP contribution in [-0.4, -0.2) is 27.5 Å². The first-order chi connectivity index (χ1) is 9.13. The van der Waals surface area contributed by atoms with E-state index >= 15 is 0 Å². The van der Waals surface area contributed by atoms with Gasteiger partial charge in [-0.3, -0.25) is 4.79 Å². The molecule has 1 aliphatic heterocycles. The molecular weight excluding hydrogens is 242 g/mol. The van der Waals surface area contributed by atoms with E-state index in [1.165, 1.54) is 0 Å². The van der Waals surface area contributed by atoms with E-state index in [1.54, 1.807) is 0 Å². The van der Waals surface area contributed by atoms with Gasteiger partial charge < -0.3 is 14.5 Å². The van der Waals surface area contributed by atoms with Gasteiger partial charge in [0.1, 0.15) is 11.9 Å². The van der Waals surface area contributed by atoms with Gasteiger partial charge in [0.15, 0.2) is 0 Å². The smallest absolute Gasteiger partial charge is 0.253 e. The number of aryl methyl sites for hydroxylation is 1. The van der Waals surface area contributed by atoms with Crippen LogP contribution in [0.25, 0.3) is 5.52 Å². The minimum absolute atomic E-state index is 0.0681. The van der Waals surface area contributed by atoms with Crippen LogP contribution in [0.2, 0.25) is 0 Å². The topological polar surface area (TPSA) is 55.6 Å². The molecule has 0 bridgehead atoms. The summed E-state index contributed by atoms with van der Waals surface area (Å²) >= 11 is 0. The van der Waals surface area contributed by atoms with E-state index in [2.05, 4.69) is 10.3 Å². The van der Waals surface area contributed by atoms with Gasteiger partial charge in [0.05, 0.1) is 23.5 Å². The zero-order valence-electron chi connectivity index (χ0n) is 11.1. The first-order valence-corrected chi connectivity index (χ1v) is 6.53. The number of ether oxygens (including phenoxy) is 1. The van der Waals surface area contributed by atoms with Crippen LogP contribution >= 0.6 is 0 Å². The molecule has 3 rings (SSSR count). The molecule has 5 nitrogen and oxygen atoms in total. The Balaban J connectivity index is 1.77. The summed E-state index contributed by atoms with van der Waals surface area (Å²) in [7, 11) is 0. The van der Waals surface area contributed by atoms with Gasteiger partial charge in [-0.2, -0.15) is 0 Å². The van der Waals surface area contributed by atoms with E-state index in [4.69, 9.17) is 4.74 Å². The molecule has 5 heteroatoms. The fourth-order valence-corrected chi connectivity index (χ4v) is 2.41. The molecule has 0 spiro atoms. The Hall–Kier alpha value is -1.88. The average Bonchev–Trinajstić information content (AvgIpc) is 2.97. The third-order valence-corrected chi connectivity index (χ3v) is 3.50. The number of pyridine rings is 1. The van der Waals surface area contributed by atoms with Gasteiger partial charge >= 0.3 is 0 Å². The van der Waals surface area contributed by atoms with Crippen LogP contribution in [0.1, 0.15) is 25.6 Å². The summed E-state index contributed by atoms with van der Waals surface area (Å²) in [5.41, 5.74) is 1.78. The lowest BCUT2D eigenvalue weighted by molar-refractivity contribution is -0.126. The lowest BCUT2D eigenvalue weighted by Crippen LogP contribution is -2.27. The van der Waals surface area contributed by atoms with Gasteiger partial charge in [-0.15, -0.1) is 0 Å². The highest BCUT2D eigenvalue weighted by molar-refractivity contribution is 5.94. The highest BCUT2D eigenvalue weighted by Gasteiger charge is 2.28. The van der Waals surface area contributed by atoms with Crippen molar-refractivity contribution in [2.75, 3.05) is 5.32 Å². The Bertz CT molecular complexity index is 620. The number of carbonyl (C=O) groups excluding carboxylic acids is 1. The van der Waals surface area contributed by atoms with Crippen molar-refractivity contribution in [3.05, 3.63) is 30.4 Å². The van der Waals surface area contributed by atoms with Gasteiger partial charge in [0.25, 0.3) is 5.91 Å². The summed E-state index contributed by atoms with van der Waals surface area (Å²) in [6.45, 7) is 3.93. The maximum atomic E-state index is 12.1. The van der Waals surface area contributed by atoms with E-state index in [1.807, 2.05) is 42.8 Å². The van der Waals surface area contributed by atoms with Gasteiger partial charge in [-0.1, -0.05) is 0 Å². The molecule has 2 aromatic rings. The second-order valence-electron chi connectivity index (χ2n) is 5.02. The zero-order valence-corrected chi connectivity index (χ0v) is 11.1. The van der Waals surface area contributed by atoms with E-state index in [0.29, 0.717) is 0 Å². The van der Waals surface area contributed by atoms with Crippen LogP contribution in [0, 0.1) is 6.92 Å². The molecule has 1 saturated heterocycles. The summed E-state index contributed by atoms with van der Waals surface area (Å²) in [6, 6.07) is 3.82. The van der Waals surface area contributed by atoms with Crippen molar-refractivity contribution in [3.63, 3.8) is 0 Å². The van der Waals surface area contributed by atoms with Crippen molar-refractivity contribution in [2.24, 2.45) is 0 Å². The first kappa shape index (κ1) is 12.2. The van der Waals surface area contributed by atoms with Gasteiger partial charge in [0.2, 0.25) is 0 Å². The average molecular weight is 259 g/mol. The summed E-state index contributed by atoms with van der Waals surface area (Å²) in [5, 5.41) is 2.90. The fourth-order valence-electron chi connectivity index (χ4n) is 2.41. The normalized spacial score (nSPS) is 22.8. The number of carbonyl (C=O) groups is 1. The van der Waals surface area contributed by atoms with E-state index in [9.17, 15) is 4.79 Å². The molecule has 0 aliphatic carbocycles. The summed E-state index contributed by atoms with van der Waals surface area (Å²) in [4.78, 5) is 16.3. The number of amides is 1. The van der Waals surface area contributed by atoms with Crippen molar-refractivity contribution < 1.29 is 9.53 Å². The first-order valence-electron chi connectivity index (χ1n) is 6.53. The predicted molar refractivity (Wildman–Crippen MR) is 72.1 cm³/mol. The molecule has 1 N–H and O–H groups in total. The molecular formula is C14H17N3O2. The molecule has 1 aliphatic rings. The molecule has 3 heterocycles. The Morgan fingerprint density at radius 3 is 3.05 bits per heavy atom. The van der Waals surface area contributed by atoms with Crippen molar-refractivity contribution in [2.45, 2.75) is 38.9 Å². The van der Waals surface area contributed by atoms with Crippen molar-refractivity contribution in [3.8, 4) is 0 Å². The minimum atomic E-state index is -0.324. The second kappa shape index (κ2) is 4.66. The quantitative estimate of drug-likeness (QED) is 0.899. The summed E-state index contributed by atoms with van der Waals surface area (Å²) in [6.07, 6.45) is 5.27. The number of hydrogen-bond donors (Lipinski definition) is 1. The Labute approximate surface area is 111 Å². The van der Waals surface area contributed by atoms with E-state index < -0.39 is 0 Å². The molecule has 2 unspecified atom stereocenters. The number of nitrogens with one attached hydrogen (secondary N) is 1. The number of imidazole rings is 1. The molecule has 19 heavy (non-hydrogen) atoms. The maximum absolute atomic E-state index is 12.1. The second-order valence-corrected chi connectivity index (χ2v) is 5.02. The third kappa shape index (κ3) is 2.33. The van der Waals surface area contributed by atoms with Gasteiger partial charge in [-0.05, 0) is 38.8 Å². The van der Waals surface area contributed by atoms with Gasteiger partial charge in [-0.25, -0.2) is 4.98 Å². The Kier molecular flexibility index (Phi) is 2.98. The zero-order chi connectivity index (χ0) is 13.4. The van der Waals surface area contributed by atoms with E-state index in [0.717, 1.165) is 29.9 Å². The van der Waals surface area contributed by atoms with Crippen molar-refractivity contribution in [1.29, 1.82) is 0 Å². The number of aromatic nitrogens is 2. The van der Waals surface area contributed by atoms with Crippen LogP contribution in [0.4, 0.5) is 5.69 Å². The lowest BCUT2D eigenvalue weighted by Gasteiger charge is -2.12. The molecule has 1 amide bonds. The molecule has 0 aromatic carbocycles. The largest absolute Gasteiger partial charge is 0.365 e. The molecule has 100 valence electrons. The molecule has 0 radical (unpaired) electrons. The lowest BCUT2D eigenvalue weighted by atomic mass is 10.2. The number of rotatable bonds is 2. The molecule has 2 aromatic heterocycles. The van der Waals surface area contributed by atoms with E-state index in [-0.39, 0.29) is 18.1 Å². The number of anilines is 1. The highest BCUT2D eigenvalue weighted by Crippen LogP contribution is 2.21. The summed E-state index contributed by atoms with van der Waals surface area (Å²) < 4.78 is 7.51. The van der Waals surface area contributed by atoms with Crippen LogP contribution in [0.5, 0.6) is 0 Å². The Morgan fingerprint density at radius 1 is 1.47 bits per heavy atom. The third-order valence-electron chi connectivity index (χ3n) is 3.50. The number of fused-ring (bicyclic) bond motifs is 1. The van der Waals surface area contributed by atoms with Crippen LogP contribution in [0.3, 0.4) is 0 Å². The van der Waals surface area contributed by atoms with Crippen LogP contribution in [0.15, 0.2) is 24.5 Å². The van der Waals surface area contributed by atoms with Gasteiger partial charge in [0, 0.05) is 6.20 Å². The van der Waals surface area contributed by atoms with Crippen LogP contribution in [-0.2, 0) is 9.53 Å². The fraction of sp³-hybridized carbons (Fsp3) is 0.429. The summed E-state index contributed by atoms with van der Waals surface area (Å²) in [5.74, 6) is 0.832. The van der Waals surface area contributed by atoms with Crippen molar-refractivity contribution >= 4 is 17.1 Å². The number of nitrogens with zero attached hydrogens (tertiary/aromatic N) is 2. The van der Waals surface area contributed by atoms with Crippen LogP contribution < -0.4 is 5.32 Å². The number of hydrogen-bond acceptors (Lipinski definition) is 3. The van der Waals surface area contributed by atoms with Crippen molar-refractivity contribution in [1.82, 2.24) is 9.38 Å². The molecule has 2 atom stereocenters. The standard InChI is InChI=1S/C14H17N3O2/c1-9-3-6-13(19-9)14(18)16-11-4-5-12-7-15-10(2)17(12)8-11/h4-5,7-9,13H,3,6H2,1-2H3,(H,16,18). The predicted octanol–water partition coefficient (Wildman–Crippen LogP) is 2.15.